The molecule has 3 aromatic rings. The molecule has 35 heavy (non-hydrogen) atoms. The molecule has 0 aliphatic carbocycles. The highest BCUT2D eigenvalue weighted by Gasteiger charge is 2.31. The third-order valence-corrected chi connectivity index (χ3v) is 8.49. The maximum atomic E-state index is 14.1. The molecule has 3 aromatic carbocycles. The minimum Gasteiger partial charge on any atom is -0.497 e. The van der Waals surface area contributed by atoms with E-state index in [9.17, 15) is 26.7 Å². The first-order chi connectivity index (χ1) is 16.6. The van der Waals surface area contributed by atoms with E-state index in [1.807, 2.05) is 36.0 Å². The first-order valence-corrected chi connectivity index (χ1v) is 13.7. The van der Waals surface area contributed by atoms with Gasteiger partial charge in [0.2, 0.25) is 34.8 Å². The van der Waals surface area contributed by atoms with Crippen LogP contribution in [0.25, 0.3) is 0 Å². The van der Waals surface area contributed by atoms with Crippen molar-refractivity contribution in [1.82, 2.24) is 0 Å². The van der Waals surface area contributed by atoms with E-state index in [-0.39, 0.29) is 6.42 Å². The molecule has 0 heterocycles. The van der Waals surface area contributed by atoms with Crippen LogP contribution < -0.4 is 14.7 Å². The van der Waals surface area contributed by atoms with E-state index in [1.54, 1.807) is 30.3 Å². The zero-order valence-corrected chi connectivity index (χ0v) is 20.2. The topological polar surface area (TPSA) is 35.5 Å². The Morgan fingerprint density at radius 3 is 1.94 bits per heavy atom. The summed E-state index contributed by atoms with van der Waals surface area (Å²) in [6.07, 6.45) is 1.84. The summed E-state index contributed by atoms with van der Waals surface area (Å²) in [4.78, 5) is 13.0. The van der Waals surface area contributed by atoms with Crippen molar-refractivity contribution in [3.8, 4) is 11.5 Å². The smallest absolute Gasteiger partial charge is 0.319 e. The quantitative estimate of drug-likeness (QED) is 0.0914. The van der Waals surface area contributed by atoms with Gasteiger partial charge in [0.25, 0.3) is 0 Å². The van der Waals surface area contributed by atoms with E-state index in [0.717, 1.165) is 5.19 Å². The Morgan fingerprint density at radius 2 is 1.40 bits per heavy atom. The Labute approximate surface area is 200 Å². The monoisotopic (exact) mass is 506 g/mol. The fourth-order valence-electron chi connectivity index (χ4n) is 3.51. The number of esters is 1. The molecule has 184 valence electrons. The molecular formula is C26H23F5O3Si. The lowest BCUT2D eigenvalue weighted by Gasteiger charge is -2.20. The number of methoxy groups -OCH3 is 1. The minimum absolute atomic E-state index is 0.0732. The van der Waals surface area contributed by atoms with Crippen LogP contribution in [0.15, 0.2) is 66.4 Å². The van der Waals surface area contributed by atoms with Crippen molar-refractivity contribution in [3.63, 3.8) is 0 Å². The largest absolute Gasteiger partial charge is 0.497 e. The predicted molar refractivity (Wildman–Crippen MR) is 125 cm³/mol. The molecule has 3 rings (SSSR count). The maximum absolute atomic E-state index is 14.1. The van der Waals surface area contributed by atoms with Gasteiger partial charge in [-0.15, -0.1) is 0 Å². The zero-order chi connectivity index (χ0) is 25.8. The van der Waals surface area contributed by atoms with E-state index in [1.165, 1.54) is 7.11 Å². The molecule has 9 heteroatoms. The van der Waals surface area contributed by atoms with Crippen molar-refractivity contribution in [3.05, 3.63) is 101 Å². The molecule has 1 atom stereocenters. The van der Waals surface area contributed by atoms with E-state index in [2.05, 4.69) is 13.1 Å². The molecular weight excluding hydrogens is 483 g/mol. The van der Waals surface area contributed by atoms with E-state index in [4.69, 9.17) is 9.47 Å². The van der Waals surface area contributed by atoms with Gasteiger partial charge < -0.3 is 9.47 Å². The number of benzene rings is 3. The average molecular weight is 507 g/mol. The number of halogens is 5. The third-order valence-electron chi connectivity index (χ3n) is 5.60. The Bertz CT molecular complexity index is 1200. The molecule has 0 N–H and O–H groups in total. The number of rotatable bonds is 8. The van der Waals surface area contributed by atoms with Crippen LogP contribution in [-0.2, 0) is 4.79 Å². The van der Waals surface area contributed by atoms with E-state index < -0.39 is 54.8 Å². The Hall–Kier alpha value is -3.46. The van der Waals surface area contributed by atoms with Crippen LogP contribution in [0.2, 0.25) is 13.1 Å². The van der Waals surface area contributed by atoms with Crippen molar-refractivity contribution in [2.24, 2.45) is 0 Å². The highest BCUT2D eigenvalue weighted by Crippen LogP contribution is 2.32. The molecule has 0 spiro atoms. The van der Waals surface area contributed by atoms with Crippen molar-refractivity contribution in [2.75, 3.05) is 7.11 Å². The fraction of sp³-hybridized carbons (Fsp3) is 0.192. The molecule has 0 bridgehead atoms. The number of ether oxygens (including phenoxy) is 2. The van der Waals surface area contributed by atoms with E-state index >= 15 is 0 Å². The van der Waals surface area contributed by atoms with Crippen LogP contribution in [0.3, 0.4) is 0 Å². The maximum Gasteiger partial charge on any atom is 0.319 e. The molecule has 0 aliphatic rings. The van der Waals surface area contributed by atoms with Crippen molar-refractivity contribution >= 4 is 19.2 Å². The summed E-state index contributed by atoms with van der Waals surface area (Å²) in [5.41, 5.74) is 2.42. The second-order valence-electron chi connectivity index (χ2n) is 8.37. The number of hydrogen-bond donors (Lipinski definition) is 0. The Kier molecular flexibility index (Phi) is 8.11. The summed E-state index contributed by atoms with van der Waals surface area (Å²) in [6.45, 7) is 4.21. The second-order valence-corrected chi connectivity index (χ2v) is 12.7. The highest BCUT2D eigenvalue weighted by molar-refractivity contribution is 6.93. The van der Waals surface area contributed by atoms with E-state index in [0.29, 0.717) is 11.3 Å². The third kappa shape index (κ3) is 5.79. The molecule has 0 saturated heterocycles. The van der Waals surface area contributed by atoms with Gasteiger partial charge >= 0.3 is 5.97 Å². The molecule has 0 radical (unpaired) electrons. The average Bonchev–Trinajstić information content (AvgIpc) is 2.87. The number of allylic oxidation sites excluding steroid dienone is 1. The SMILES string of the molecule is COc1ccc([C@@H](C/C=C/[Si](C)(C)c2ccccc2)C(=O)Oc2c(F)c(F)c(F)c(F)c2F)cc1. The van der Waals surface area contributed by atoms with Gasteiger partial charge in [-0.25, -0.2) is 13.2 Å². The van der Waals surface area contributed by atoms with Gasteiger partial charge in [0, 0.05) is 0 Å². The van der Waals surface area contributed by atoms with Crippen LogP contribution in [0.5, 0.6) is 11.5 Å². The highest BCUT2D eigenvalue weighted by atomic mass is 28.3. The van der Waals surface area contributed by atoms with Gasteiger partial charge in [0.1, 0.15) is 13.8 Å². The molecule has 3 nitrogen and oxygen atoms in total. The van der Waals surface area contributed by atoms with Crippen LogP contribution >= 0.6 is 0 Å². The van der Waals surface area contributed by atoms with Gasteiger partial charge in [-0.1, -0.05) is 72.5 Å². The molecule has 0 aromatic heterocycles. The minimum atomic E-state index is -2.33. The van der Waals surface area contributed by atoms with Crippen LogP contribution in [-0.4, -0.2) is 21.2 Å². The van der Waals surface area contributed by atoms with Crippen LogP contribution in [0.1, 0.15) is 17.9 Å². The fourth-order valence-corrected chi connectivity index (χ4v) is 5.48. The molecule has 0 saturated carbocycles. The molecule has 0 amide bonds. The summed E-state index contributed by atoms with van der Waals surface area (Å²) < 4.78 is 78.6. The summed E-state index contributed by atoms with van der Waals surface area (Å²) >= 11 is 0. The molecule has 0 aliphatic heterocycles. The Balaban J connectivity index is 1.93. The molecule has 0 fully saturated rings. The molecule has 0 unspecified atom stereocenters. The standard InChI is InChI=1S/C26H23F5O3Si/c1-33-17-13-11-16(12-14-17)19(10-7-15-35(2,3)18-8-5-4-6-9-18)26(32)34-25-23(30)21(28)20(27)22(29)24(25)31/h4-9,11-15,19H,10H2,1-3H3/b15-7+/t19-/m1/s1. The first-order valence-electron chi connectivity index (χ1n) is 10.7. The lowest BCUT2D eigenvalue weighted by molar-refractivity contribution is -0.136. The number of carbonyl (C=O) groups is 1. The van der Waals surface area contributed by atoms with Crippen molar-refractivity contribution in [2.45, 2.75) is 25.4 Å². The number of hydrogen-bond acceptors (Lipinski definition) is 3. The van der Waals surface area contributed by atoms with Gasteiger partial charge in [-0.05, 0) is 24.1 Å². The van der Waals surface area contributed by atoms with Gasteiger partial charge in [0.15, 0.2) is 0 Å². The second kappa shape index (κ2) is 10.9. The predicted octanol–water partition coefficient (Wildman–Crippen LogP) is 6.18. The van der Waals surface area contributed by atoms with Crippen LogP contribution in [0.4, 0.5) is 22.0 Å². The lowest BCUT2D eigenvalue weighted by Crippen LogP contribution is -2.39. The van der Waals surface area contributed by atoms with Gasteiger partial charge in [-0.2, -0.15) is 8.78 Å². The summed E-state index contributed by atoms with van der Waals surface area (Å²) in [6, 6.07) is 16.1. The van der Waals surface area contributed by atoms with Crippen molar-refractivity contribution in [1.29, 1.82) is 0 Å². The first kappa shape index (κ1) is 26.1. The normalized spacial score (nSPS) is 12.6. The summed E-state index contributed by atoms with van der Waals surface area (Å²) in [5.74, 6) is -14.5. The summed E-state index contributed by atoms with van der Waals surface area (Å²) in [5, 5.41) is 1.15. The van der Waals surface area contributed by atoms with Gasteiger partial charge in [0.05, 0.1) is 13.0 Å². The van der Waals surface area contributed by atoms with Crippen molar-refractivity contribution < 1.29 is 36.2 Å². The van der Waals surface area contributed by atoms with Gasteiger partial charge in [-0.3, -0.25) is 4.79 Å². The summed E-state index contributed by atoms with van der Waals surface area (Å²) in [7, 11) is -0.562. The number of carbonyl (C=O) groups excluding carboxylic acids is 1. The van der Waals surface area contributed by atoms with Crippen LogP contribution in [0, 0.1) is 29.1 Å². The lowest BCUT2D eigenvalue weighted by atomic mass is 9.95. The zero-order valence-electron chi connectivity index (χ0n) is 19.2. The Morgan fingerprint density at radius 1 is 0.857 bits per heavy atom.